The zero-order valence-electron chi connectivity index (χ0n) is 14.1. The van der Waals surface area contributed by atoms with E-state index in [0.29, 0.717) is 30.4 Å². The van der Waals surface area contributed by atoms with E-state index in [0.717, 1.165) is 6.42 Å². The smallest absolute Gasteiger partial charge is 0.340 e. The van der Waals surface area contributed by atoms with Crippen molar-refractivity contribution in [3.63, 3.8) is 0 Å². The van der Waals surface area contributed by atoms with Crippen molar-refractivity contribution in [2.75, 3.05) is 30.9 Å². The number of carbonyl (C=O) groups is 2. The molecule has 0 radical (unpaired) electrons. The van der Waals surface area contributed by atoms with Gasteiger partial charge < -0.3 is 25.3 Å². The lowest BCUT2D eigenvalue weighted by atomic mass is 10.2. The summed E-state index contributed by atoms with van der Waals surface area (Å²) in [4.78, 5) is 24.2. The molecule has 7 nitrogen and oxygen atoms in total. The molecule has 1 aliphatic heterocycles. The van der Waals surface area contributed by atoms with Crippen molar-refractivity contribution in [1.82, 2.24) is 0 Å². The van der Waals surface area contributed by atoms with Crippen molar-refractivity contribution in [3.05, 3.63) is 45.9 Å². The van der Waals surface area contributed by atoms with Gasteiger partial charge in [0, 0.05) is 23.2 Å². The van der Waals surface area contributed by atoms with Gasteiger partial charge in [0.1, 0.15) is 0 Å². The largest absolute Gasteiger partial charge is 0.490 e. The average molecular weight is 411 g/mol. The molecule has 0 bridgehead atoms. The fourth-order valence-electron chi connectivity index (χ4n) is 2.40. The predicted octanol–water partition coefficient (Wildman–Crippen LogP) is 3.53. The van der Waals surface area contributed by atoms with Crippen molar-refractivity contribution >= 4 is 46.5 Å². The Hall–Kier alpha value is -2.64. The molecule has 3 N–H and O–H groups in total. The van der Waals surface area contributed by atoms with Crippen molar-refractivity contribution in [3.8, 4) is 11.5 Å². The zero-order valence-corrected chi connectivity index (χ0v) is 15.6. The highest BCUT2D eigenvalue weighted by atomic mass is 35.5. The Labute approximate surface area is 165 Å². The first-order valence-corrected chi connectivity index (χ1v) is 8.81. The van der Waals surface area contributed by atoms with Gasteiger partial charge >= 0.3 is 5.97 Å². The first-order chi connectivity index (χ1) is 12.9. The van der Waals surface area contributed by atoms with Gasteiger partial charge in [0.15, 0.2) is 18.1 Å². The minimum Gasteiger partial charge on any atom is -0.490 e. The highest BCUT2D eigenvalue weighted by Gasteiger charge is 2.17. The van der Waals surface area contributed by atoms with Crippen molar-refractivity contribution in [2.24, 2.45) is 0 Å². The van der Waals surface area contributed by atoms with Crippen LogP contribution in [0.25, 0.3) is 0 Å². The summed E-state index contributed by atoms with van der Waals surface area (Å²) in [5, 5.41) is 2.99. The van der Waals surface area contributed by atoms with Gasteiger partial charge in [-0.15, -0.1) is 0 Å². The van der Waals surface area contributed by atoms with Crippen molar-refractivity contribution in [2.45, 2.75) is 6.42 Å². The van der Waals surface area contributed by atoms with E-state index in [4.69, 9.17) is 43.1 Å². The molecule has 0 spiro atoms. The summed E-state index contributed by atoms with van der Waals surface area (Å²) < 4.78 is 16.1. The number of nitrogens with two attached hydrogens (primary N) is 1. The Morgan fingerprint density at radius 2 is 1.85 bits per heavy atom. The number of nitrogens with one attached hydrogen (secondary N) is 1. The van der Waals surface area contributed by atoms with Crippen LogP contribution >= 0.6 is 23.2 Å². The average Bonchev–Trinajstić information content (AvgIpc) is 2.87. The number of esters is 1. The second-order valence-electron chi connectivity index (χ2n) is 5.69. The van der Waals surface area contributed by atoms with Gasteiger partial charge in [0.2, 0.25) is 0 Å². The monoisotopic (exact) mass is 410 g/mol. The molecule has 0 unspecified atom stereocenters. The van der Waals surface area contributed by atoms with E-state index in [1.54, 1.807) is 18.2 Å². The number of anilines is 2. The van der Waals surface area contributed by atoms with Crippen LogP contribution in [-0.2, 0) is 9.53 Å². The molecular formula is C18H16Cl2N2O5. The molecule has 142 valence electrons. The summed E-state index contributed by atoms with van der Waals surface area (Å²) in [5.74, 6) is -0.163. The fourth-order valence-corrected chi connectivity index (χ4v) is 2.89. The standard InChI is InChI=1S/C18H16Cl2N2O5/c19-10-6-12(17(21)13(20)7-10)18(24)27-9-16(23)22-11-2-3-14-15(8-11)26-5-1-4-25-14/h2-3,6-8H,1,4-5,9,21H2,(H,22,23). The number of amides is 1. The third kappa shape index (κ3) is 4.75. The molecule has 1 amide bonds. The van der Waals surface area contributed by atoms with E-state index in [1.165, 1.54) is 12.1 Å². The molecule has 9 heteroatoms. The molecule has 1 heterocycles. The Morgan fingerprint density at radius 1 is 1.11 bits per heavy atom. The number of fused-ring (bicyclic) bond motifs is 1. The summed E-state index contributed by atoms with van der Waals surface area (Å²) in [6.45, 7) is 0.605. The molecule has 0 aromatic heterocycles. The van der Waals surface area contributed by atoms with E-state index in [9.17, 15) is 9.59 Å². The van der Waals surface area contributed by atoms with E-state index < -0.39 is 18.5 Å². The number of halogens is 2. The maximum Gasteiger partial charge on any atom is 0.340 e. The van der Waals surface area contributed by atoms with Gasteiger partial charge in [-0.1, -0.05) is 23.2 Å². The molecule has 2 aromatic carbocycles. The first kappa shape index (κ1) is 19.1. The normalized spacial score (nSPS) is 12.8. The van der Waals surface area contributed by atoms with E-state index in [2.05, 4.69) is 5.32 Å². The molecule has 3 rings (SSSR count). The van der Waals surface area contributed by atoms with E-state index in [1.807, 2.05) is 0 Å². The van der Waals surface area contributed by atoms with Crippen LogP contribution in [0.2, 0.25) is 10.0 Å². The topological polar surface area (TPSA) is 99.9 Å². The number of carbonyl (C=O) groups excluding carboxylic acids is 2. The second kappa shape index (κ2) is 8.37. The summed E-state index contributed by atoms with van der Waals surface area (Å²) in [6.07, 6.45) is 0.781. The molecule has 0 saturated heterocycles. The summed E-state index contributed by atoms with van der Waals surface area (Å²) in [6, 6.07) is 7.76. The molecule has 0 saturated carbocycles. The van der Waals surface area contributed by atoms with Crippen LogP contribution in [-0.4, -0.2) is 31.7 Å². The summed E-state index contributed by atoms with van der Waals surface area (Å²) >= 11 is 11.7. The van der Waals surface area contributed by atoms with Crippen LogP contribution in [0, 0.1) is 0 Å². The van der Waals surface area contributed by atoms with Gasteiger partial charge in [0.05, 0.1) is 29.5 Å². The van der Waals surface area contributed by atoms with Crippen molar-refractivity contribution in [1.29, 1.82) is 0 Å². The van der Waals surface area contributed by atoms with Gasteiger partial charge in [-0.2, -0.15) is 0 Å². The highest BCUT2D eigenvalue weighted by molar-refractivity contribution is 6.37. The van der Waals surface area contributed by atoms with Crippen LogP contribution in [0.4, 0.5) is 11.4 Å². The first-order valence-electron chi connectivity index (χ1n) is 8.05. The molecular weight excluding hydrogens is 395 g/mol. The van der Waals surface area contributed by atoms with Crippen LogP contribution < -0.4 is 20.5 Å². The lowest BCUT2D eigenvalue weighted by Crippen LogP contribution is -2.21. The van der Waals surface area contributed by atoms with Crippen LogP contribution in [0.5, 0.6) is 11.5 Å². The third-order valence-electron chi connectivity index (χ3n) is 3.68. The lowest BCUT2D eigenvalue weighted by molar-refractivity contribution is -0.119. The number of nitrogen functional groups attached to an aromatic ring is 1. The van der Waals surface area contributed by atoms with Gasteiger partial charge in [-0.25, -0.2) is 4.79 Å². The molecule has 0 atom stereocenters. The summed E-state index contributed by atoms with van der Waals surface area (Å²) in [5.41, 5.74) is 6.27. The maximum absolute atomic E-state index is 12.1. The molecule has 1 aliphatic rings. The van der Waals surface area contributed by atoms with Gasteiger partial charge in [-0.05, 0) is 24.3 Å². The Balaban J connectivity index is 1.60. The Kier molecular flexibility index (Phi) is 5.93. The van der Waals surface area contributed by atoms with Gasteiger partial charge in [0.25, 0.3) is 5.91 Å². The number of hydrogen-bond acceptors (Lipinski definition) is 6. The Bertz CT molecular complexity index is 888. The number of benzene rings is 2. The molecule has 2 aromatic rings. The fraction of sp³-hybridized carbons (Fsp3) is 0.222. The third-order valence-corrected chi connectivity index (χ3v) is 4.21. The Morgan fingerprint density at radius 3 is 2.63 bits per heavy atom. The van der Waals surface area contributed by atoms with Crippen LogP contribution in [0.3, 0.4) is 0 Å². The number of hydrogen-bond donors (Lipinski definition) is 2. The highest BCUT2D eigenvalue weighted by Crippen LogP contribution is 2.32. The molecule has 0 fully saturated rings. The van der Waals surface area contributed by atoms with E-state index >= 15 is 0 Å². The number of rotatable bonds is 4. The second-order valence-corrected chi connectivity index (χ2v) is 6.53. The number of ether oxygens (including phenoxy) is 3. The minimum atomic E-state index is -0.800. The minimum absolute atomic E-state index is 0.00382. The quantitative estimate of drug-likeness (QED) is 0.590. The SMILES string of the molecule is Nc1c(Cl)cc(Cl)cc1C(=O)OCC(=O)Nc1ccc2c(c1)OCCCO2. The molecule has 27 heavy (non-hydrogen) atoms. The van der Waals surface area contributed by atoms with Crippen LogP contribution in [0.1, 0.15) is 16.8 Å². The predicted molar refractivity (Wildman–Crippen MR) is 102 cm³/mol. The van der Waals surface area contributed by atoms with Gasteiger partial charge in [-0.3, -0.25) is 4.79 Å². The lowest BCUT2D eigenvalue weighted by Gasteiger charge is -2.11. The maximum atomic E-state index is 12.1. The zero-order chi connectivity index (χ0) is 19.4. The summed E-state index contributed by atoms with van der Waals surface area (Å²) in [7, 11) is 0. The van der Waals surface area contributed by atoms with E-state index in [-0.39, 0.29) is 21.3 Å². The van der Waals surface area contributed by atoms with Crippen molar-refractivity contribution < 1.29 is 23.8 Å². The molecule has 0 aliphatic carbocycles. The van der Waals surface area contributed by atoms with Crippen LogP contribution in [0.15, 0.2) is 30.3 Å².